The van der Waals surface area contributed by atoms with E-state index in [1.54, 1.807) is 0 Å². The van der Waals surface area contributed by atoms with E-state index in [-0.39, 0.29) is 26.5 Å². The van der Waals surface area contributed by atoms with Gasteiger partial charge in [-0.3, -0.25) is 0 Å². The molecule has 3 aliphatic rings. The Morgan fingerprint density at radius 1 is 0.900 bits per heavy atom. The summed E-state index contributed by atoms with van der Waals surface area (Å²) in [6.07, 6.45) is 10.4. The third-order valence-electron chi connectivity index (χ3n) is 3.17. The molecule has 2 unspecified atom stereocenters. The number of hydrogen-bond acceptors (Lipinski definition) is 2. The molecule has 20 heavy (non-hydrogen) atoms. The average molecular weight is 296 g/mol. The summed E-state index contributed by atoms with van der Waals surface area (Å²) >= 11 is 0. The van der Waals surface area contributed by atoms with E-state index in [4.69, 9.17) is 0 Å². The summed E-state index contributed by atoms with van der Waals surface area (Å²) in [6, 6.07) is 4.14. The molecule has 3 rings (SSSR count). The van der Waals surface area contributed by atoms with Crippen molar-refractivity contribution in [3.63, 3.8) is 0 Å². The second-order valence-electron chi connectivity index (χ2n) is 4.33. The first-order valence-corrected chi connectivity index (χ1v) is 8.96. The Morgan fingerprint density at radius 2 is 1.40 bits per heavy atom. The fourth-order valence-electron chi connectivity index (χ4n) is 2.29. The van der Waals surface area contributed by atoms with Crippen LogP contribution in [0.15, 0.2) is 56.1 Å². The van der Waals surface area contributed by atoms with Crippen LogP contribution in [-0.4, -0.2) is 10.7 Å². The van der Waals surface area contributed by atoms with Crippen molar-refractivity contribution in [2.45, 2.75) is 12.8 Å². The molecule has 0 amide bonds. The van der Waals surface area contributed by atoms with Crippen molar-refractivity contribution >= 4 is 31.7 Å². The third kappa shape index (κ3) is 2.18. The lowest BCUT2D eigenvalue weighted by atomic mass is 10.1. The van der Waals surface area contributed by atoms with Gasteiger partial charge in [-0.1, -0.05) is 12.2 Å². The Hall–Kier alpha value is -1.88. The Labute approximate surface area is 123 Å². The smallest absolute Gasteiger partial charge is 0.139 e. The van der Waals surface area contributed by atoms with Gasteiger partial charge in [0.05, 0.1) is 0 Å². The van der Waals surface area contributed by atoms with Gasteiger partial charge < -0.3 is 0 Å². The van der Waals surface area contributed by atoms with E-state index in [2.05, 4.69) is 58.0 Å². The third-order valence-corrected chi connectivity index (χ3v) is 6.94. The zero-order valence-electron chi connectivity index (χ0n) is 10.7. The van der Waals surface area contributed by atoms with Crippen LogP contribution in [0.3, 0.4) is 0 Å². The summed E-state index contributed by atoms with van der Waals surface area (Å²) in [5.41, 5.74) is 1.11. The van der Waals surface area contributed by atoms with Gasteiger partial charge in [0.15, 0.2) is 0 Å². The molecule has 0 aromatic heterocycles. The van der Waals surface area contributed by atoms with Crippen LogP contribution in [0, 0.1) is 22.7 Å². The number of rotatable bonds is 2. The van der Waals surface area contributed by atoms with Gasteiger partial charge in [-0.25, -0.2) is 0 Å². The molecular formula is C16H12N2S2. The molecule has 0 spiro atoms. The van der Waals surface area contributed by atoms with Crippen molar-refractivity contribution in [2.75, 3.05) is 0 Å². The van der Waals surface area contributed by atoms with Crippen LogP contribution in [0.4, 0.5) is 0 Å². The van der Waals surface area contributed by atoms with Gasteiger partial charge in [0.1, 0.15) is 17.7 Å². The molecule has 0 N–H and O–H groups in total. The van der Waals surface area contributed by atoms with E-state index in [1.807, 2.05) is 0 Å². The summed E-state index contributed by atoms with van der Waals surface area (Å²) < 4.78 is 0. The highest BCUT2D eigenvalue weighted by Crippen LogP contribution is 2.49. The molecule has 0 bridgehead atoms. The lowest BCUT2D eigenvalue weighted by Crippen LogP contribution is -1.92. The standard InChI is InChI=1S/C16H12N2S2/c17-11-13(12-18)16-14(19-7-1-2-8-19)5-6-15(16)20-9-3-4-10-20/h1,3,5-10H,2,4H2. The van der Waals surface area contributed by atoms with Gasteiger partial charge in [-0.05, 0) is 46.5 Å². The van der Waals surface area contributed by atoms with E-state index >= 15 is 0 Å². The Balaban J connectivity index is 2.11. The number of allylic oxidation sites excluding steroid dienone is 7. The van der Waals surface area contributed by atoms with Crippen LogP contribution in [0.5, 0.6) is 0 Å². The Kier molecular flexibility index (Phi) is 3.69. The molecule has 98 valence electrons. The second-order valence-corrected chi connectivity index (χ2v) is 7.91. The van der Waals surface area contributed by atoms with Gasteiger partial charge in [0, 0.05) is 15.4 Å². The van der Waals surface area contributed by atoms with E-state index < -0.39 is 0 Å². The monoisotopic (exact) mass is 296 g/mol. The first kappa shape index (κ1) is 13.1. The zero-order chi connectivity index (χ0) is 13.9. The molecule has 0 fully saturated rings. The molecule has 4 heteroatoms. The largest absolute Gasteiger partial charge is 0.192 e. The number of nitriles is 2. The van der Waals surface area contributed by atoms with Gasteiger partial charge in [0.25, 0.3) is 0 Å². The predicted molar refractivity (Wildman–Crippen MR) is 89.2 cm³/mol. The molecule has 0 aromatic rings. The fraction of sp³-hybridized carbons (Fsp3) is 0.125. The highest BCUT2D eigenvalue weighted by Gasteiger charge is 2.24. The van der Waals surface area contributed by atoms with Crippen LogP contribution < -0.4 is 0 Å². The maximum absolute atomic E-state index is 9.27. The van der Waals surface area contributed by atoms with Gasteiger partial charge in [-0.15, -0.1) is 21.0 Å². The molecule has 0 saturated carbocycles. The van der Waals surface area contributed by atoms with E-state index in [0.29, 0.717) is 0 Å². The van der Waals surface area contributed by atoms with Crippen molar-refractivity contribution in [1.82, 2.24) is 0 Å². The summed E-state index contributed by atoms with van der Waals surface area (Å²) in [7, 11) is -0.135. The molecule has 2 atom stereocenters. The van der Waals surface area contributed by atoms with Crippen molar-refractivity contribution < 1.29 is 0 Å². The lowest BCUT2D eigenvalue weighted by Gasteiger charge is -2.12. The quantitative estimate of drug-likeness (QED) is 0.569. The summed E-state index contributed by atoms with van der Waals surface area (Å²) in [6.45, 7) is 0. The topological polar surface area (TPSA) is 47.6 Å². The van der Waals surface area contributed by atoms with E-state index in [9.17, 15) is 10.5 Å². The van der Waals surface area contributed by atoms with Crippen molar-refractivity contribution in [3.05, 3.63) is 56.1 Å². The van der Waals surface area contributed by atoms with Crippen molar-refractivity contribution in [3.8, 4) is 12.1 Å². The first-order valence-electron chi connectivity index (χ1n) is 6.26. The fourth-order valence-corrected chi connectivity index (χ4v) is 5.85. The molecule has 1 aliphatic carbocycles. The molecular weight excluding hydrogens is 284 g/mol. The number of nitrogens with zero attached hydrogens (tertiary/aromatic N) is 2. The molecule has 2 aliphatic heterocycles. The SMILES string of the molecule is N#CC(C#N)=C1C(S2=CCC=C2)=CC=C1S1=CCC=C1. The minimum absolute atomic E-state index is 0.0674. The molecule has 0 saturated heterocycles. The highest BCUT2D eigenvalue weighted by atomic mass is 32.2. The Morgan fingerprint density at radius 3 is 1.75 bits per heavy atom. The Bertz CT molecular complexity index is 708. The predicted octanol–water partition coefficient (Wildman–Crippen LogP) is 4.09. The summed E-state index contributed by atoms with van der Waals surface area (Å²) in [5.74, 6) is 0. The van der Waals surface area contributed by atoms with E-state index in [0.717, 1.165) is 28.2 Å². The van der Waals surface area contributed by atoms with Crippen LogP contribution in [0.2, 0.25) is 0 Å². The van der Waals surface area contributed by atoms with E-state index in [1.165, 1.54) is 0 Å². The maximum Gasteiger partial charge on any atom is 0.139 e. The zero-order valence-corrected chi connectivity index (χ0v) is 12.4. The van der Waals surface area contributed by atoms with Gasteiger partial charge in [0.2, 0.25) is 0 Å². The molecule has 2 heterocycles. The lowest BCUT2D eigenvalue weighted by molar-refractivity contribution is 1.44. The summed E-state index contributed by atoms with van der Waals surface area (Å²) in [5, 5.41) is 27.4. The first-order chi connectivity index (χ1) is 9.85. The van der Waals surface area contributed by atoms with Gasteiger partial charge >= 0.3 is 0 Å². The minimum atomic E-state index is -0.0674. The molecule has 0 aromatic carbocycles. The molecule has 0 radical (unpaired) electrons. The average Bonchev–Trinajstić information content (AvgIpc) is 3.21. The van der Waals surface area contributed by atoms with Crippen LogP contribution in [-0.2, 0) is 0 Å². The second kappa shape index (κ2) is 5.63. The highest BCUT2D eigenvalue weighted by molar-refractivity contribution is 8.22. The maximum atomic E-state index is 9.27. The van der Waals surface area contributed by atoms with Gasteiger partial charge in [-0.2, -0.15) is 10.5 Å². The van der Waals surface area contributed by atoms with Crippen molar-refractivity contribution in [2.24, 2.45) is 0 Å². The minimum Gasteiger partial charge on any atom is -0.192 e. The number of hydrogen-bond donors (Lipinski definition) is 0. The van der Waals surface area contributed by atoms with Crippen LogP contribution in [0.25, 0.3) is 0 Å². The normalized spacial score (nSPS) is 26.4. The van der Waals surface area contributed by atoms with Crippen LogP contribution >= 0.6 is 21.0 Å². The molecule has 2 nitrogen and oxygen atoms in total. The van der Waals surface area contributed by atoms with Crippen LogP contribution in [0.1, 0.15) is 12.8 Å². The van der Waals surface area contributed by atoms with Crippen molar-refractivity contribution in [1.29, 1.82) is 10.5 Å². The summed E-state index contributed by atoms with van der Waals surface area (Å²) in [4.78, 5) is 2.24.